The second-order valence-electron chi connectivity index (χ2n) is 4.44. The lowest BCUT2D eigenvalue weighted by Gasteiger charge is -2.26. The maximum atomic E-state index is 4.44. The van der Waals surface area contributed by atoms with Gasteiger partial charge in [0.1, 0.15) is 0 Å². The van der Waals surface area contributed by atoms with Crippen LogP contribution < -0.4 is 5.32 Å². The van der Waals surface area contributed by atoms with E-state index >= 15 is 0 Å². The molecule has 1 N–H and O–H groups in total. The molecule has 2 heterocycles. The molecule has 1 aliphatic heterocycles. The van der Waals surface area contributed by atoms with Crippen molar-refractivity contribution in [2.75, 3.05) is 26.2 Å². The van der Waals surface area contributed by atoms with Crippen LogP contribution in [-0.4, -0.2) is 36.1 Å². The highest BCUT2D eigenvalue weighted by Gasteiger charge is 2.08. The minimum atomic E-state index is 0.915. The Balaban J connectivity index is 1.57. The second-order valence-corrected chi connectivity index (χ2v) is 5.50. The van der Waals surface area contributed by atoms with E-state index < -0.39 is 0 Å². The zero-order valence-corrected chi connectivity index (χ0v) is 10.9. The van der Waals surface area contributed by atoms with Crippen molar-refractivity contribution in [2.24, 2.45) is 0 Å². The summed E-state index contributed by atoms with van der Waals surface area (Å²) in [5.41, 5.74) is 1.18. The molecular weight excluding hydrogens is 218 g/mol. The van der Waals surface area contributed by atoms with Gasteiger partial charge in [-0.2, -0.15) is 0 Å². The summed E-state index contributed by atoms with van der Waals surface area (Å²) in [5, 5.41) is 6.77. The maximum Gasteiger partial charge on any atom is 0.0897 e. The highest BCUT2D eigenvalue weighted by atomic mass is 32.1. The molecule has 90 valence electrons. The van der Waals surface area contributed by atoms with E-state index in [1.807, 2.05) is 0 Å². The van der Waals surface area contributed by atoms with E-state index in [1.54, 1.807) is 11.3 Å². The number of aromatic nitrogens is 1. The summed E-state index contributed by atoms with van der Waals surface area (Å²) in [6, 6.07) is 0. The zero-order valence-electron chi connectivity index (χ0n) is 10.0. The van der Waals surface area contributed by atoms with Crippen molar-refractivity contribution in [1.82, 2.24) is 15.2 Å². The topological polar surface area (TPSA) is 28.2 Å². The van der Waals surface area contributed by atoms with Crippen LogP contribution in [0.25, 0.3) is 0 Å². The van der Waals surface area contributed by atoms with E-state index in [0.717, 1.165) is 18.1 Å². The van der Waals surface area contributed by atoms with Gasteiger partial charge >= 0.3 is 0 Å². The molecule has 0 amide bonds. The number of likely N-dealkylation sites (tertiary alicyclic amines) is 1. The molecule has 0 aromatic carbocycles. The van der Waals surface area contributed by atoms with Gasteiger partial charge < -0.3 is 10.2 Å². The summed E-state index contributed by atoms with van der Waals surface area (Å²) in [6.07, 6.45) is 4.18. The number of piperidine rings is 1. The quantitative estimate of drug-likeness (QED) is 0.797. The van der Waals surface area contributed by atoms with Crippen LogP contribution in [0, 0.1) is 6.92 Å². The minimum absolute atomic E-state index is 0.915. The molecule has 0 saturated carbocycles. The molecule has 1 aliphatic rings. The summed E-state index contributed by atoms with van der Waals surface area (Å²) in [4.78, 5) is 7.00. The average molecular weight is 239 g/mol. The molecule has 3 nitrogen and oxygen atoms in total. The Morgan fingerprint density at radius 3 is 2.88 bits per heavy atom. The summed E-state index contributed by atoms with van der Waals surface area (Å²) >= 11 is 1.73. The first-order chi connectivity index (χ1) is 7.84. The van der Waals surface area contributed by atoms with Gasteiger partial charge in [-0.05, 0) is 32.9 Å². The molecule has 1 aromatic heterocycles. The van der Waals surface area contributed by atoms with Crippen LogP contribution in [0.15, 0.2) is 5.38 Å². The third kappa shape index (κ3) is 3.85. The molecule has 0 bridgehead atoms. The first-order valence-corrected chi connectivity index (χ1v) is 7.06. The number of nitrogens with one attached hydrogen (secondary N) is 1. The Kier molecular flexibility index (Phi) is 4.75. The molecule has 4 heteroatoms. The summed E-state index contributed by atoms with van der Waals surface area (Å²) < 4.78 is 0. The molecular formula is C12H21N3S. The predicted octanol–water partition coefficient (Wildman–Crippen LogP) is 2.03. The van der Waals surface area contributed by atoms with Crippen LogP contribution in [-0.2, 0) is 6.54 Å². The Bertz CT molecular complexity index is 305. The molecule has 16 heavy (non-hydrogen) atoms. The van der Waals surface area contributed by atoms with Gasteiger partial charge in [0.25, 0.3) is 0 Å². The molecule has 1 fully saturated rings. The third-order valence-electron chi connectivity index (χ3n) is 3.03. The molecule has 0 atom stereocenters. The summed E-state index contributed by atoms with van der Waals surface area (Å²) in [6.45, 7) is 7.81. The number of rotatable bonds is 5. The number of hydrogen-bond acceptors (Lipinski definition) is 4. The van der Waals surface area contributed by atoms with Gasteiger partial charge in [-0.3, -0.25) is 0 Å². The molecule has 0 radical (unpaired) electrons. The molecule has 2 rings (SSSR count). The van der Waals surface area contributed by atoms with Gasteiger partial charge in [0.15, 0.2) is 0 Å². The number of thiazole rings is 1. The Morgan fingerprint density at radius 1 is 1.38 bits per heavy atom. The summed E-state index contributed by atoms with van der Waals surface area (Å²) in [7, 11) is 0. The summed E-state index contributed by atoms with van der Waals surface area (Å²) in [5.74, 6) is 0. The van der Waals surface area contributed by atoms with E-state index in [-0.39, 0.29) is 0 Å². The van der Waals surface area contributed by atoms with Crippen LogP contribution in [0.1, 0.15) is 30.0 Å². The molecule has 0 spiro atoms. The van der Waals surface area contributed by atoms with E-state index in [4.69, 9.17) is 0 Å². The van der Waals surface area contributed by atoms with Crippen molar-refractivity contribution in [3.63, 3.8) is 0 Å². The first-order valence-electron chi connectivity index (χ1n) is 6.19. The number of aryl methyl sites for hydroxylation is 1. The van der Waals surface area contributed by atoms with E-state index in [9.17, 15) is 0 Å². The highest BCUT2D eigenvalue weighted by molar-refractivity contribution is 7.09. The van der Waals surface area contributed by atoms with E-state index in [2.05, 4.69) is 27.5 Å². The fourth-order valence-electron chi connectivity index (χ4n) is 2.13. The fraction of sp³-hybridized carbons (Fsp3) is 0.750. The van der Waals surface area contributed by atoms with Gasteiger partial charge in [-0.1, -0.05) is 6.42 Å². The van der Waals surface area contributed by atoms with E-state index in [1.165, 1.54) is 44.6 Å². The Labute approximate surface area is 102 Å². The third-order valence-corrected chi connectivity index (χ3v) is 3.85. The van der Waals surface area contributed by atoms with Gasteiger partial charge in [-0.25, -0.2) is 4.98 Å². The van der Waals surface area contributed by atoms with E-state index in [0.29, 0.717) is 0 Å². The average Bonchev–Trinajstić information content (AvgIpc) is 2.72. The molecule has 0 unspecified atom stereocenters. The van der Waals surface area contributed by atoms with Crippen LogP contribution in [0.2, 0.25) is 0 Å². The standard InChI is InChI=1S/C12H21N3S/c1-11-14-12(10-16-11)9-13-5-8-15-6-3-2-4-7-15/h10,13H,2-9H2,1H3. The van der Waals surface area contributed by atoms with Crippen LogP contribution >= 0.6 is 11.3 Å². The number of hydrogen-bond donors (Lipinski definition) is 1. The van der Waals surface area contributed by atoms with Crippen molar-refractivity contribution in [2.45, 2.75) is 32.7 Å². The van der Waals surface area contributed by atoms with Gasteiger partial charge in [0, 0.05) is 25.0 Å². The predicted molar refractivity (Wildman–Crippen MR) is 68.8 cm³/mol. The Hall–Kier alpha value is -0.450. The van der Waals surface area contributed by atoms with Crippen LogP contribution in [0.5, 0.6) is 0 Å². The van der Waals surface area contributed by atoms with Crippen molar-refractivity contribution < 1.29 is 0 Å². The number of nitrogens with zero attached hydrogens (tertiary/aromatic N) is 2. The zero-order chi connectivity index (χ0) is 11.2. The molecule has 1 aromatic rings. The SMILES string of the molecule is Cc1nc(CNCCN2CCCCC2)cs1. The lowest BCUT2D eigenvalue weighted by molar-refractivity contribution is 0.229. The fourth-order valence-corrected chi connectivity index (χ4v) is 2.74. The highest BCUT2D eigenvalue weighted by Crippen LogP contribution is 2.08. The van der Waals surface area contributed by atoms with Crippen LogP contribution in [0.3, 0.4) is 0 Å². The monoisotopic (exact) mass is 239 g/mol. The minimum Gasteiger partial charge on any atom is -0.310 e. The lowest BCUT2D eigenvalue weighted by Crippen LogP contribution is -2.35. The second kappa shape index (κ2) is 6.33. The van der Waals surface area contributed by atoms with Crippen LogP contribution in [0.4, 0.5) is 0 Å². The van der Waals surface area contributed by atoms with Crippen molar-refractivity contribution in [1.29, 1.82) is 0 Å². The van der Waals surface area contributed by atoms with Crippen molar-refractivity contribution in [3.8, 4) is 0 Å². The largest absolute Gasteiger partial charge is 0.310 e. The smallest absolute Gasteiger partial charge is 0.0897 e. The first kappa shape index (κ1) is 12.0. The van der Waals surface area contributed by atoms with Gasteiger partial charge in [0.2, 0.25) is 0 Å². The maximum absolute atomic E-state index is 4.44. The Morgan fingerprint density at radius 2 is 2.19 bits per heavy atom. The molecule has 0 aliphatic carbocycles. The van der Waals surface area contributed by atoms with Crippen molar-refractivity contribution in [3.05, 3.63) is 16.1 Å². The van der Waals surface area contributed by atoms with Crippen molar-refractivity contribution >= 4 is 11.3 Å². The molecule has 1 saturated heterocycles. The van der Waals surface area contributed by atoms with Gasteiger partial charge in [0.05, 0.1) is 10.7 Å². The lowest BCUT2D eigenvalue weighted by atomic mass is 10.1. The normalized spacial score (nSPS) is 17.8. The van der Waals surface area contributed by atoms with Gasteiger partial charge in [-0.15, -0.1) is 11.3 Å².